The molecule has 1 aromatic carbocycles. The van der Waals surface area contributed by atoms with Gasteiger partial charge in [0.15, 0.2) is 0 Å². The molecule has 0 amide bonds. The van der Waals surface area contributed by atoms with E-state index in [0.717, 1.165) is 6.54 Å². The maximum atomic E-state index is 11.6. The summed E-state index contributed by atoms with van der Waals surface area (Å²) in [5, 5.41) is 0. The van der Waals surface area contributed by atoms with Crippen LogP contribution in [0.1, 0.15) is 30.9 Å². The van der Waals surface area contributed by atoms with Crippen LogP contribution in [0.2, 0.25) is 0 Å². The highest BCUT2D eigenvalue weighted by atomic mass is 16.5. The minimum atomic E-state index is -0.114. The van der Waals surface area contributed by atoms with Crippen LogP contribution < -0.4 is 0 Å². The van der Waals surface area contributed by atoms with E-state index in [1.807, 2.05) is 6.92 Å². The molecule has 1 aliphatic rings. The van der Waals surface area contributed by atoms with Crippen LogP contribution in [0, 0.1) is 6.92 Å². The smallest absolute Gasteiger partial charge is 0.320 e. The Morgan fingerprint density at radius 1 is 1.44 bits per heavy atom. The first-order valence-electron chi connectivity index (χ1n) is 6.64. The highest BCUT2D eigenvalue weighted by Crippen LogP contribution is 2.28. The Kier molecular flexibility index (Phi) is 4.37. The van der Waals surface area contributed by atoms with Gasteiger partial charge in [-0.2, -0.15) is 0 Å². The number of benzene rings is 1. The second-order valence-electron chi connectivity index (χ2n) is 4.93. The molecule has 1 saturated carbocycles. The summed E-state index contributed by atoms with van der Waals surface area (Å²) < 4.78 is 5.03. The average molecular weight is 247 g/mol. The first kappa shape index (κ1) is 13.1. The molecule has 0 saturated heterocycles. The molecule has 1 aromatic rings. The lowest BCUT2D eigenvalue weighted by molar-refractivity contribution is -0.144. The summed E-state index contributed by atoms with van der Waals surface area (Å²) in [6.45, 7) is 5.65. The van der Waals surface area contributed by atoms with Gasteiger partial charge in [0.2, 0.25) is 0 Å². The van der Waals surface area contributed by atoms with Crippen molar-refractivity contribution >= 4 is 5.97 Å². The van der Waals surface area contributed by atoms with Gasteiger partial charge in [0.25, 0.3) is 0 Å². The van der Waals surface area contributed by atoms with Crippen molar-refractivity contribution in [2.75, 3.05) is 13.2 Å². The van der Waals surface area contributed by atoms with Crippen molar-refractivity contribution in [3.63, 3.8) is 0 Å². The Balaban J connectivity index is 1.96. The van der Waals surface area contributed by atoms with E-state index < -0.39 is 0 Å². The molecule has 3 heteroatoms. The van der Waals surface area contributed by atoms with Crippen molar-refractivity contribution in [1.82, 2.24) is 4.90 Å². The van der Waals surface area contributed by atoms with Gasteiger partial charge in [-0.25, -0.2) is 0 Å². The van der Waals surface area contributed by atoms with Crippen molar-refractivity contribution in [2.24, 2.45) is 0 Å². The summed E-state index contributed by atoms with van der Waals surface area (Å²) in [4.78, 5) is 13.8. The summed E-state index contributed by atoms with van der Waals surface area (Å²) in [5.74, 6) is -0.114. The zero-order chi connectivity index (χ0) is 13.0. The fourth-order valence-corrected chi connectivity index (χ4v) is 2.17. The van der Waals surface area contributed by atoms with Crippen LogP contribution in [-0.4, -0.2) is 30.1 Å². The normalized spacial score (nSPS) is 14.8. The van der Waals surface area contributed by atoms with E-state index in [-0.39, 0.29) is 5.97 Å². The van der Waals surface area contributed by atoms with Gasteiger partial charge >= 0.3 is 5.97 Å². The van der Waals surface area contributed by atoms with Crippen molar-refractivity contribution in [2.45, 2.75) is 39.3 Å². The first-order valence-corrected chi connectivity index (χ1v) is 6.64. The van der Waals surface area contributed by atoms with Gasteiger partial charge in [0.1, 0.15) is 0 Å². The standard InChI is InChI=1S/C15H21NO2/c1-3-18-15(17)11-16(14-7-8-14)10-13-6-4-5-12(2)9-13/h4-6,9,14H,3,7-8,10-11H2,1-2H3. The van der Waals surface area contributed by atoms with E-state index in [2.05, 4.69) is 36.1 Å². The maximum Gasteiger partial charge on any atom is 0.320 e. The monoisotopic (exact) mass is 247 g/mol. The lowest BCUT2D eigenvalue weighted by Crippen LogP contribution is -2.32. The predicted molar refractivity (Wildman–Crippen MR) is 71.2 cm³/mol. The van der Waals surface area contributed by atoms with Crippen molar-refractivity contribution in [3.05, 3.63) is 35.4 Å². The predicted octanol–water partition coefficient (Wildman–Crippen LogP) is 2.52. The SMILES string of the molecule is CCOC(=O)CN(Cc1cccc(C)c1)C1CC1. The number of rotatable bonds is 6. The van der Waals surface area contributed by atoms with Crippen LogP contribution in [0.5, 0.6) is 0 Å². The second-order valence-corrected chi connectivity index (χ2v) is 4.93. The molecule has 0 radical (unpaired) electrons. The van der Waals surface area contributed by atoms with Crippen LogP contribution >= 0.6 is 0 Å². The number of hydrogen-bond acceptors (Lipinski definition) is 3. The van der Waals surface area contributed by atoms with E-state index in [1.54, 1.807) is 0 Å². The maximum absolute atomic E-state index is 11.6. The minimum Gasteiger partial charge on any atom is -0.465 e. The van der Waals surface area contributed by atoms with E-state index >= 15 is 0 Å². The molecule has 0 aliphatic heterocycles. The summed E-state index contributed by atoms with van der Waals surface area (Å²) in [6, 6.07) is 9.03. The molecule has 0 heterocycles. The summed E-state index contributed by atoms with van der Waals surface area (Å²) >= 11 is 0. The van der Waals surface area contributed by atoms with Crippen LogP contribution in [-0.2, 0) is 16.1 Å². The fourth-order valence-electron chi connectivity index (χ4n) is 2.17. The van der Waals surface area contributed by atoms with E-state index in [9.17, 15) is 4.79 Å². The lowest BCUT2D eigenvalue weighted by atomic mass is 10.1. The molecule has 1 fully saturated rings. The Bertz CT molecular complexity index is 413. The fraction of sp³-hybridized carbons (Fsp3) is 0.533. The Morgan fingerprint density at radius 3 is 2.83 bits per heavy atom. The Morgan fingerprint density at radius 2 is 2.22 bits per heavy atom. The van der Waals surface area contributed by atoms with Crippen LogP contribution in [0.15, 0.2) is 24.3 Å². The first-order chi connectivity index (χ1) is 8.69. The zero-order valence-corrected chi connectivity index (χ0v) is 11.2. The molecule has 1 aliphatic carbocycles. The number of hydrogen-bond donors (Lipinski definition) is 0. The molecule has 0 N–H and O–H groups in total. The number of aryl methyl sites for hydroxylation is 1. The third-order valence-corrected chi connectivity index (χ3v) is 3.17. The van der Waals surface area contributed by atoms with Crippen molar-refractivity contribution in [1.29, 1.82) is 0 Å². The number of esters is 1. The molecular formula is C15H21NO2. The number of ether oxygens (including phenoxy) is 1. The number of nitrogens with zero attached hydrogens (tertiary/aromatic N) is 1. The Hall–Kier alpha value is -1.35. The van der Waals surface area contributed by atoms with Crippen LogP contribution in [0.25, 0.3) is 0 Å². The second kappa shape index (κ2) is 6.01. The zero-order valence-electron chi connectivity index (χ0n) is 11.2. The van der Waals surface area contributed by atoms with Gasteiger partial charge in [-0.1, -0.05) is 29.8 Å². The van der Waals surface area contributed by atoms with Gasteiger partial charge in [-0.15, -0.1) is 0 Å². The quantitative estimate of drug-likeness (QED) is 0.723. The molecule has 98 valence electrons. The average Bonchev–Trinajstić information content (AvgIpc) is 3.12. The van der Waals surface area contributed by atoms with Gasteiger partial charge in [-0.05, 0) is 32.3 Å². The molecule has 0 unspecified atom stereocenters. The van der Waals surface area contributed by atoms with Gasteiger partial charge in [-0.3, -0.25) is 9.69 Å². The largest absolute Gasteiger partial charge is 0.465 e. The third-order valence-electron chi connectivity index (χ3n) is 3.17. The topological polar surface area (TPSA) is 29.5 Å². The van der Waals surface area contributed by atoms with Gasteiger partial charge in [0, 0.05) is 12.6 Å². The van der Waals surface area contributed by atoms with Crippen LogP contribution in [0.3, 0.4) is 0 Å². The molecule has 2 rings (SSSR count). The van der Waals surface area contributed by atoms with Crippen LogP contribution in [0.4, 0.5) is 0 Å². The van der Waals surface area contributed by atoms with Gasteiger partial charge in [0.05, 0.1) is 13.2 Å². The number of carbonyl (C=O) groups is 1. The molecular weight excluding hydrogens is 226 g/mol. The van der Waals surface area contributed by atoms with Gasteiger partial charge < -0.3 is 4.74 Å². The Labute approximate surface area is 109 Å². The molecule has 0 bridgehead atoms. The molecule has 0 aromatic heterocycles. The summed E-state index contributed by atoms with van der Waals surface area (Å²) in [7, 11) is 0. The highest BCUT2D eigenvalue weighted by Gasteiger charge is 2.30. The molecule has 0 atom stereocenters. The molecule has 0 spiro atoms. The van der Waals surface area contributed by atoms with Crippen molar-refractivity contribution in [3.8, 4) is 0 Å². The molecule has 3 nitrogen and oxygen atoms in total. The van der Waals surface area contributed by atoms with E-state index in [0.29, 0.717) is 19.2 Å². The third kappa shape index (κ3) is 3.84. The molecule has 18 heavy (non-hydrogen) atoms. The summed E-state index contributed by atoms with van der Waals surface area (Å²) in [6.07, 6.45) is 2.40. The van der Waals surface area contributed by atoms with Crippen molar-refractivity contribution < 1.29 is 9.53 Å². The number of carbonyl (C=O) groups excluding carboxylic acids is 1. The summed E-state index contributed by atoms with van der Waals surface area (Å²) in [5.41, 5.74) is 2.53. The lowest BCUT2D eigenvalue weighted by Gasteiger charge is -2.21. The highest BCUT2D eigenvalue weighted by molar-refractivity contribution is 5.71. The van der Waals surface area contributed by atoms with E-state index in [1.165, 1.54) is 24.0 Å². The van der Waals surface area contributed by atoms with E-state index in [4.69, 9.17) is 4.74 Å². The minimum absolute atomic E-state index is 0.114.